The fourth-order valence-corrected chi connectivity index (χ4v) is 3.29. The van der Waals surface area contributed by atoms with E-state index in [1.165, 1.54) is 4.90 Å². The van der Waals surface area contributed by atoms with Crippen molar-refractivity contribution in [3.8, 4) is 0 Å². The van der Waals surface area contributed by atoms with Crippen LogP contribution in [0.4, 0.5) is 5.82 Å². The van der Waals surface area contributed by atoms with Crippen molar-refractivity contribution in [2.75, 3.05) is 31.6 Å². The van der Waals surface area contributed by atoms with Crippen LogP contribution in [-0.2, 0) is 9.59 Å². The topological polar surface area (TPSA) is 98.4 Å². The first-order chi connectivity index (χ1) is 12.4. The zero-order valence-electron chi connectivity index (χ0n) is 14.6. The molecule has 0 unspecified atom stereocenters. The predicted molar refractivity (Wildman–Crippen MR) is 96.0 cm³/mol. The maximum Gasteiger partial charge on any atom is 0.328 e. The van der Waals surface area contributed by atoms with E-state index in [2.05, 4.69) is 9.88 Å². The quantitative estimate of drug-likeness (QED) is 0.766. The highest BCUT2D eigenvalue weighted by Crippen LogP contribution is 2.27. The average Bonchev–Trinajstić information content (AvgIpc) is 3.08. The van der Waals surface area contributed by atoms with Crippen LogP contribution in [0.2, 0.25) is 0 Å². The summed E-state index contributed by atoms with van der Waals surface area (Å²) in [4.78, 5) is 30.2. The molecule has 1 aliphatic heterocycles. The molecule has 0 radical (unpaired) electrons. The van der Waals surface area contributed by atoms with Gasteiger partial charge in [-0.1, -0.05) is 6.07 Å². The Labute approximate surface area is 151 Å². The molecule has 0 spiro atoms. The van der Waals surface area contributed by atoms with Gasteiger partial charge in [-0.3, -0.25) is 9.20 Å². The highest BCUT2D eigenvalue weighted by atomic mass is 16.4. The van der Waals surface area contributed by atoms with Gasteiger partial charge in [0.2, 0.25) is 5.91 Å². The first-order valence-corrected chi connectivity index (χ1v) is 8.43. The summed E-state index contributed by atoms with van der Waals surface area (Å²) in [6.45, 7) is 1.47. The Morgan fingerprint density at radius 2 is 2.04 bits per heavy atom. The van der Waals surface area contributed by atoms with Crippen molar-refractivity contribution in [2.24, 2.45) is 0 Å². The van der Waals surface area contributed by atoms with Crippen LogP contribution in [0.1, 0.15) is 12.8 Å². The van der Waals surface area contributed by atoms with E-state index in [-0.39, 0.29) is 6.54 Å². The molecule has 3 heterocycles. The number of pyridine rings is 1. The Kier molecular flexibility index (Phi) is 4.94. The number of amides is 1. The van der Waals surface area contributed by atoms with Gasteiger partial charge in [-0.25, -0.2) is 9.78 Å². The van der Waals surface area contributed by atoms with E-state index in [0.717, 1.165) is 23.6 Å². The van der Waals surface area contributed by atoms with Crippen LogP contribution in [0.15, 0.2) is 42.7 Å². The minimum atomic E-state index is -1.17. The van der Waals surface area contributed by atoms with Gasteiger partial charge in [0.05, 0.1) is 5.60 Å². The van der Waals surface area contributed by atoms with Gasteiger partial charge < -0.3 is 20.0 Å². The first-order valence-electron chi connectivity index (χ1n) is 8.43. The molecular formula is C18H22N4O4. The smallest absolute Gasteiger partial charge is 0.328 e. The molecule has 8 nitrogen and oxygen atoms in total. The van der Waals surface area contributed by atoms with Gasteiger partial charge >= 0.3 is 5.97 Å². The SMILES string of the molecule is CN(CC1(O)CCN(c2cccc3nccn23)CC1)C(=O)/C=C/C(=O)O. The summed E-state index contributed by atoms with van der Waals surface area (Å²) in [5.74, 6) is -0.588. The first kappa shape index (κ1) is 17.9. The number of fused-ring (bicyclic) bond motifs is 1. The number of carbonyl (C=O) groups is 2. The number of rotatable bonds is 5. The number of hydrogen-bond donors (Lipinski definition) is 2. The van der Waals surface area contributed by atoms with Crippen molar-refractivity contribution >= 4 is 23.3 Å². The molecule has 26 heavy (non-hydrogen) atoms. The summed E-state index contributed by atoms with van der Waals surface area (Å²) >= 11 is 0. The van der Waals surface area contributed by atoms with Crippen molar-refractivity contribution in [3.05, 3.63) is 42.7 Å². The molecule has 0 saturated carbocycles. The minimum absolute atomic E-state index is 0.166. The van der Waals surface area contributed by atoms with E-state index in [0.29, 0.717) is 25.9 Å². The van der Waals surface area contributed by atoms with Gasteiger partial charge in [-0.15, -0.1) is 0 Å². The molecule has 3 rings (SSSR count). The number of carboxylic acid groups (broad SMARTS) is 1. The van der Waals surface area contributed by atoms with Crippen molar-refractivity contribution in [2.45, 2.75) is 18.4 Å². The number of carboxylic acids is 1. The van der Waals surface area contributed by atoms with Gasteiger partial charge in [0.25, 0.3) is 0 Å². The van der Waals surface area contributed by atoms with E-state index in [9.17, 15) is 14.7 Å². The van der Waals surface area contributed by atoms with E-state index in [1.54, 1.807) is 13.2 Å². The average molecular weight is 358 g/mol. The lowest BCUT2D eigenvalue weighted by atomic mass is 9.90. The second-order valence-corrected chi connectivity index (χ2v) is 6.62. The van der Waals surface area contributed by atoms with E-state index < -0.39 is 17.5 Å². The monoisotopic (exact) mass is 358 g/mol. The fraction of sp³-hybridized carbons (Fsp3) is 0.389. The molecule has 1 aliphatic rings. The Bertz CT molecular complexity index is 837. The summed E-state index contributed by atoms with van der Waals surface area (Å²) in [6, 6.07) is 5.92. The van der Waals surface area contributed by atoms with Gasteiger partial charge in [-0.05, 0) is 25.0 Å². The zero-order chi connectivity index (χ0) is 18.7. The third kappa shape index (κ3) is 3.85. The summed E-state index contributed by atoms with van der Waals surface area (Å²) < 4.78 is 2.01. The molecule has 2 aromatic heterocycles. The van der Waals surface area contributed by atoms with E-state index in [4.69, 9.17) is 5.11 Å². The molecule has 0 atom stereocenters. The van der Waals surface area contributed by atoms with Crippen LogP contribution in [0.25, 0.3) is 5.65 Å². The van der Waals surface area contributed by atoms with Gasteiger partial charge in [0, 0.05) is 51.2 Å². The van der Waals surface area contributed by atoms with Crippen LogP contribution in [0.5, 0.6) is 0 Å². The number of aliphatic hydroxyl groups is 1. The molecule has 1 fully saturated rings. The van der Waals surface area contributed by atoms with E-state index >= 15 is 0 Å². The molecule has 0 bridgehead atoms. The van der Waals surface area contributed by atoms with Crippen LogP contribution in [0.3, 0.4) is 0 Å². The Morgan fingerprint density at radius 3 is 2.73 bits per heavy atom. The largest absolute Gasteiger partial charge is 0.478 e. The number of imidazole rings is 1. The second-order valence-electron chi connectivity index (χ2n) is 6.62. The number of likely N-dealkylation sites (N-methyl/N-ethyl adjacent to an activating group) is 1. The van der Waals surface area contributed by atoms with Crippen LogP contribution < -0.4 is 4.90 Å². The molecule has 138 valence electrons. The Morgan fingerprint density at radius 1 is 1.31 bits per heavy atom. The molecule has 2 N–H and O–H groups in total. The minimum Gasteiger partial charge on any atom is -0.478 e. The normalized spacial score (nSPS) is 16.9. The summed E-state index contributed by atoms with van der Waals surface area (Å²) in [5.41, 5.74) is -0.111. The van der Waals surface area contributed by atoms with Gasteiger partial charge in [-0.2, -0.15) is 0 Å². The van der Waals surface area contributed by atoms with E-state index in [1.807, 2.05) is 28.8 Å². The van der Waals surface area contributed by atoms with Crippen molar-refractivity contribution in [3.63, 3.8) is 0 Å². The number of aliphatic carboxylic acids is 1. The van der Waals surface area contributed by atoms with Gasteiger partial charge in [0.1, 0.15) is 11.5 Å². The molecule has 8 heteroatoms. The van der Waals surface area contributed by atoms with Crippen molar-refractivity contribution in [1.29, 1.82) is 0 Å². The molecular weight excluding hydrogens is 336 g/mol. The second kappa shape index (κ2) is 7.17. The van der Waals surface area contributed by atoms with Crippen LogP contribution in [0, 0.1) is 0 Å². The van der Waals surface area contributed by atoms with Crippen molar-refractivity contribution < 1.29 is 19.8 Å². The number of piperidine rings is 1. The standard InChI is InChI=1S/C18H22N4O4/c1-20(16(23)5-6-17(24)25)13-18(26)7-10-21(11-8-18)15-4-2-3-14-19-9-12-22(14)15/h2-6,9,12,26H,7-8,10-11,13H2,1H3,(H,24,25)/b6-5+. The maximum absolute atomic E-state index is 11.9. The fourth-order valence-electron chi connectivity index (χ4n) is 3.29. The summed E-state index contributed by atoms with van der Waals surface area (Å²) in [5, 5.41) is 19.4. The number of carbonyl (C=O) groups excluding carboxylic acids is 1. The number of hydrogen-bond acceptors (Lipinski definition) is 5. The molecule has 0 aliphatic carbocycles. The summed E-state index contributed by atoms with van der Waals surface area (Å²) in [6.07, 6.45) is 6.49. The lowest BCUT2D eigenvalue weighted by Crippen LogP contribution is -2.51. The van der Waals surface area contributed by atoms with Crippen LogP contribution >= 0.6 is 0 Å². The Balaban J connectivity index is 1.63. The maximum atomic E-state index is 11.9. The highest BCUT2D eigenvalue weighted by molar-refractivity contribution is 5.93. The summed E-state index contributed by atoms with van der Waals surface area (Å²) in [7, 11) is 1.56. The number of nitrogens with zero attached hydrogens (tertiary/aromatic N) is 4. The van der Waals surface area contributed by atoms with Crippen LogP contribution in [-0.4, -0.2) is 68.7 Å². The zero-order valence-corrected chi connectivity index (χ0v) is 14.6. The third-order valence-electron chi connectivity index (χ3n) is 4.70. The molecule has 1 saturated heterocycles. The number of anilines is 1. The molecule has 1 amide bonds. The van der Waals surface area contributed by atoms with Crippen molar-refractivity contribution in [1.82, 2.24) is 14.3 Å². The molecule has 0 aromatic carbocycles. The lowest BCUT2D eigenvalue weighted by Gasteiger charge is -2.41. The molecule has 2 aromatic rings. The Hall–Kier alpha value is -2.87. The van der Waals surface area contributed by atoms with Gasteiger partial charge in [0.15, 0.2) is 0 Å². The third-order valence-corrected chi connectivity index (χ3v) is 4.70. The highest BCUT2D eigenvalue weighted by Gasteiger charge is 2.34. The number of aromatic nitrogens is 2. The lowest BCUT2D eigenvalue weighted by molar-refractivity contribution is -0.132. The predicted octanol–water partition coefficient (Wildman–Crippen LogP) is 0.765.